The Morgan fingerprint density at radius 3 is 2.43 bits per heavy atom. The maximum Gasteiger partial charge on any atom is 0.415 e. The zero-order valence-electron chi connectivity index (χ0n) is 28.6. The van der Waals surface area contributed by atoms with Crippen molar-refractivity contribution >= 4 is 50.6 Å². The summed E-state index contributed by atoms with van der Waals surface area (Å²) in [5.41, 5.74) is 2.39. The van der Waals surface area contributed by atoms with Crippen LogP contribution < -0.4 is 20.3 Å². The molecule has 0 radical (unpaired) electrons. The van der Waals surface area contributed by atoms with Crippen LogP contribution >= 0.6 is 11.8 Å². The third kappa shape index (κ3) is 8.83. The van der Waals surface area contributed by atoms with Gasteiger partial charge in [-0.1, -0.05) is 72.9 Å². The van der Waals surface area contributed by atoms with Gasteiger partial charge in [0, 0.05) is 49.7 Å². The molecule has 276 valence electrons. The fourth-order valence-corrected chi connectivity index (χ4v) is 7.50. The minimum absolute atomic E-state index is 0.0253. The number of ether oxygens (including phenoxy) is 1. The first-order chi connectivity index (χ1) is 26.2. The molecule has 1 aliphatic heterocycles. The number of piperazine rings is 1. The van der Waals surface area contributed by atoms with E-state index < -0.39 is 20.7 Å². The van der Waals surface area contributed by atoms with E-state index in [1.165, 1.54) is 24.3 Å². The maximum absolute atomic E-state index is 13.3. The molecule has 0 saturated carbocycles. The van der Waals surface area contributed by atoms with Crippen LogP contribution in [0.1, 0.15) is 5.56 Å². The molecule has 0 unspecified atom stereocenters. The molecule has 6 rings (SSSR count). The average molecular weight is 768 g/mol. The van der Waals surface area contributed by atoms with Crippen molar-refractivity contribution in [2.75, 3.05) is 55.7 Å². The molecule has 1 fully saturated rings. The predicted octanol–water partition coefficient (Wildman–Crippen LogP) is 3.65. The highest BCUT2D eigenvalue weighted by atomic mass is 32.2. The number of nitriles is 1. The van der Waals surface area contributed by atoms with Crippen LogP contribution in [0.2, 0.25) is 0 Å². The van der Waals surface area contributed by atoms with Gasteiger partial charge in [-0.2, -0.15) is 5.26 Å². The Kier molecular flexibility index (Phi) is 11.8. The summed E-state index contributed by atoms with van der Waals surface area (Å²) in [6.07, 6.45) is 1.16. The van der Waals surface area contributed by atoms with Gasteiger partial charge in [-0.05, 0) is 41.3 Å². The number of hydrogen-bond donors (Lipinski definition) is 2. The lowest BCUT2D eigenvalue weighted by Gasteiger charge is -2.34. The zero-order chi connectivity index (χ0) is 38.1. The molecule has 5 aromatic rings. The van der Waals surface area contributed by atoms with E-state index in [1.807, 2.05) is 35.2 Å². The largest absolute Gasteiger partial charge is 0.453 e. The SMILES string of the molecule is C=CC(=O)Nc1cccc(Nc2nc(SCC(=O)N3CCN(CCOc4no[n+]([O-])c4S(=O)(=O)c4ccccc4)CC3)nc(-c3ccccc3)c2C#N)c1. The van der Waals surface area contributed by atoms with E-state index in [2.05, 4.69) is 43.0 Å². The van der Waals surface area contributed by atoms with Crippen LogP contribution in [0.4, 0.5) is 17.2 Å². The van der Waals surface area contributed by atoms with Gasteiger partial charge in [0.05, 0.1) is 21.5 Å². The lowest BCUT2D eigenvalue weighted by molar-refractivity contribution is -0.832. The van der Waals surface area contributed by atoms with Crippen molar-refractivity contribution in [3.05, 3.63) is 108 Å². The molecule has 2 N–H and O–H groups in total. The van der Waals surface area contributed by atoms with Gasteiger partial charge in [0.15, 0.2) is 11.0 Å². The molecule has 0 bridgehead atoms. The number of thioether (sulfide) groups is 1. The summed E-state index contributed by atoms with van der Waals surface area (Å²) in [7, 11) is -4.23. The standard InChI is InChI=1S/C36H33N9O7S2/c1-2-30(46)38-26-12-9-13-27(22-26)39-33-29(23-37)32(25-10-5-3-6-11-25)40-36(41-33)53-24-31(47)44-18-16-43(17-19-44)20-21-51-34-35(45(48)52-42-34)54(49,50)28-14-7-4-8-15-28/h2-15,22H,1,16-21,24H2,(H,38,46)(H,39,40,41). The summed E-state index contributed by atoms with van der Waals surface area (Å²) in [4.78, 5) is 37.9. The Hall–Kier alpha value is -6.29. The van der Waals surface area contributed by atoms with Crippen LogP contribution in [0.3, 0.4) is 0 Å². The number of amides is 2. The summed E-state index contributed by atoms with van der Waals surface area (Å²) < 4.78 is 36.1. The molecule has 1 saturated heterocycles. The molecular formula is C36H33N9O7S2. The fourth-order valence-electron chi connectivity index (χ4n) is 5.46. The lowest BCUT2D eigenvalue weighted by Crippen LogP contribution is -2.50. The number of benzene rings is 3. The number of carbonyl (C=O) groups excluding carboxylic acids is 2. The quantitative estimate of drug-likeness (QED) is 0.0715. The summed E-state index contributed by atoms with van der Waals surface area (Å²) in [5, 5.41) is 31.3. The summed E-state index contributed by atoms with van der Waals surface area (Å²) in [6.45, 7) is 5.81. The van der Waals surface area contributed by atoms with E-state index in [0.717, 1.165) is 17.8 Å². The van der Waals surface area contributed by atoms with E-state index in [1.54, 1.807) is 35.2 Å². The second-order valence-corrected chi connectivity index (χ2v) is 14.5. The molecular weight excluding hydrogens is 735 g/mol. The number of nitrogens with zero attached hydrogens (tertiary/aromatic N) is 7. The number of hydrogen-bond acceptors (Lipinski definition) is 14. The number of anilines is 3. The smallest absolute Gasteiger partial charge is 0.415 e. The van der Waals surface area contributed by atoms with Crippen LogP contribution in [0.25, 0.3) is 11.3 Å². The van der Waals surface area contributed by atoms with Crippen molar-refractivity contribution in [2.45, 2.75) is 15.1 Å². The molecule has 1 aliphatic rings. The molecule has 16 nitrogen and oxygen atoms in total. The van der Waals surface area contributed by atoms with Gasteiger partial charge >= 0.3 is 10.9 Å². The Labute approximate surface area is 314 Å². The third-order valence-corrected chi connectivity index (χ3v) is 10.7. The summed E-state index contributed by atoms with van der Waals surface area (Å²) in [5.74, 6) is -0.629. The van der Waals surface area contributed by atoms with Gasteiger partial charge in [0.2, 0.25) is 11.8 Å². The van der Waals surface area contributed by atoms with Gasteiger partial charge in [-0.3, -0.25) is 19.1 Å². The fraction of sp³-hybridized carbons (Fsp3) is 0.194. The molecule has 0 spiro atoms. The predicted molar refractivity (Wildman–Crippen MR) is 197 cm³/mol. The van der Waals surface area contributed by atoms with Gasteiger partial charge in [0.1, 0.15) is 18.2 Å². The topological polar surface area (TPSA) is 211 Å². The van der Waals surface area contributed by atoms with Gasteiger partial charge in [0.25, 0.3) is 9.84 Å². The van der Waals surface area contributed by atoms with E-state index in [0.29, 0.717) is 55.4 Å². The second-order valence-electron chi connectivity index (χ2n) is 11.7. The minimum atomic E-state index is -4.23. The first-order valence-electron chi connectivity index (χ1n) is 16.5. The average Bonchev–Trinajstić information content (AvgIpc) is 3.58. The van der Waals surface area contributed by atoms with Crippen molar-refractivity contribution in [1.29, 1.82) is 5.26 Å². The number of aromatic nitrogens is 4. The molecule has 18 heteroatoms. The highest BCUT2D eigenvalue weighted by Crippen LogP contribution is 2.31. The number of sulfone groups is 1. The van der Waals surface area contributed by atoms with Crippen molar-refractivity contribution in [1.82, 2.24) is 24.9 Å². The third-order valence-electron chi connectivity index (χ3n) is 8.18. The van der Waals surface area contributed by atoms with Gasteiger partial charge < -0.3 is 25.5 Å². The van der Waals surface area contributed by atoms with Crippen molar-refractivity contribution in [2.24, 2.45) is 0 Å². The lowest BCUT2D eigenvalue weighted by atomic mass is 10.1. The molecule has 3 aromatic carbocycles. The van der Waals surface area contributed by atoms with Crippen molar-refractivity contribution in [3.63, 3.8) is 0 Å². The van der Waals surface area contributed by atoms with Gasteiger partial charge in [-0.15, -0.1) is 0 Å². The Morgan fingerprint density at radius 2 is 1.72 bits per heavy atom. The van der Waals surface area contributed by atoms with Crippen LogP contribution in [-0.2, 0) is 19.4 Å². The van der Waals surface area contributed by atoms with E-state index >= 15 is 0 Å². The molecule has 2 aromatic heterocycles. The number of rotatable bonds is 14. The first-order valence-corrected chi connectivity index (χ1v) is 19.0. The zero-order valence-corrected chi connectivity index (χ0v) is 30.3. The number of carbonyl (C=O) groups is 2. The minimum Gasteiger partial charge on any atom is -0.453 e. The summed E-state index contributed by atoms with van der Waals surface area (Å²) >= 11 is 1.15. The Morgan fingerprint density at radius 1 is 1.02 bits per heavy atom. The molecule has 0 aliphatic carbocycles. The van der Waals surface area contributed by atoms with E-state index in [4.69, 9.17) is 4.74 Å². The van der Waals surface area contributed by atoms with E-state index in [9.17, 15) is 28.5 Å². The molecule has 2 amide bonds. The monoisotopic (exact) mass is 767 g/mol. The van der Waals surface area contributed by atoms with Crippen LogP contribution in [0.15, 0.2) is 117 Å². The molecule has 54 heavy (non-hydrogen) atoms. The van der Waals surface area contributed by atoms with Crippen LogP contribution in [-0.4, -0.2) is 90.2 Å². The normalized spacial score (nSPS) is 13.1. The second kappa shape index (κ2) is 17.0. The maximum atomic E-state index is 13.3. The highest BCUT2D eigenvalue weighted by Gasteiger charge is 2.36. The highest BCUT2D eigenvalue weighted by molar-refractivity contribution is 7.99. The van der Waals surface area contributed by atoms with Crippen LogP contribution in [0, 0.1) is 16.5 Å². The molecule has 0 atom stereocenters. The first kappa shape index (κ1) is 37.5. The number of nitrogens with one attached hydrogen (secondary N) is 2. The Balaban J connectivity index is 1.07. The van der Waals surface area contributed by atoms with Crippen molar-refractivity contribution in [3.8, 4) is 23.2 Å². The van der Waals surface area contributed by atoms with Gasteiger partial charge in [-0.25, -0.2) is 18.4 Å². The summed E-state index contributed by atoms with van der Waals surface area (Å²) in [6, 6.07) is 25.8. The Bertz CT molecular complexity index is 2290. The van der Waals surface area contributed by atoms with Crippen molar-refractivity contribution < 1.29 is 32.3 Å². The molecule has 3 heterocycles. The van der Waals surface area contributed by atoms with Crippen LogP contribution in [0.5, 0.6) is 5.88 Å². The van der Waals surface area contributed by atoms with E-state index in [-0.39, 0.29) is 50.5 Å².